The van der Waals surface area contributed by atoms with Gasteiger partial charge in [-0.3, -0.25) is 9.89 Å². The lowest BCUT2D eigenvalue weighted by atomic mass is 10.1. The number of aromatic nitrogens is 2. The summed E-state index contributed by atoms with van der Waals surface area (Å²) in [6, 6.07) is 15.3. The van der Waals surface area contributed by atoms with Crippen LogP contribution in [-0.2, 0) is 0 Å². The van der Waals surface area contributed by atoms with E-state index in [1.54, 1.807) is 23.6 Å². The van der Waals surface area contributed by atoms with Crippen LogP contribution in [0.5, 0.6) is 0 Å². The fraction of sp³-hybridized carbons (Fsp3) is 0.0625. The third kappa shape index (κ3) is 3.29. The first-order valence-corrected chi connectivity index (χ1v) is 7.55. The number of aryl methyl sites for hydroxylation is 1. The quantitative estimate of drug-likeness (QED) is 0.574. The minimum atomic E-state index is -0.320. The van der Waals surface area contributed by atoms with Crippen molar-refractivity contribution in [3.05, 3.63) is 64.0 Å². The topological polar surface area (TPSA) is 70.1 Å². The zero-order valence-electron chi connectivity index (χ0n) is 11.9. The average Bonchev–Trinajstić information content (AvgIpc) is 3.17. The fourth-order valence-corrected chi connectivity index (χ4v) is 2.68. The Morgan fingerprint density at radius 1 is 1.27 bits per heavy atom. The minimum Gasteiger partial charge on any atom is -0.272 e. The molecule has 0 fully saturated rings. The van der Waals surface area contributed by atoms with E-state index in [2.05, 4.69) is 20.7 Å². The van der Waals surface area contributed by atoms with Crippen LogP contribution in [0.1, 0.15) is 20.2 Å². The molecule has 1 amide bonds. The van der Waals surface area contributed by atoms with Crippen molar-refractivity contribution < 1.29 is 4.79 Å². The number of thiophene rings is 1. The van der Waals surface area contributed by atoms with Crippen LogP contribution in [-0.4, -0.2) is 22.3 Å². The van der Waals surface area contributed by atoms with Crippen LogP contribution in [0.3, 0.4) is 0 Å². The molecule has 0 spiro atoms. The Morgan fingerprint density at radius 2 is 2.09 bits per heavy atom. The van der Waals surface area contributed by atoms with Gasteiger partial charge in [0.1, 0.15) is 5.69 Å². The van der Waals surface area contributed by atoms with Crippen molar-refractivity contribution in [2.45, 2.75) is 6.92 Å². The number of hydrogen-bond donors (Lipinski definition) is 2. The first kappa shape index (κ1) is 14.2. The lowest BCUT2D eigenvalue weighted by Gasteiger charge is -1.94. The third-order valence-electron chi connectivity index (χ3n) is 3.01. The molecular weight excluding hydrogens is 296 g/mol. The molecule has 0 saturated carbocycles. The number of carbonyl (C=O) groups excluding carboxylic acids is 1. The van der Waals surface area contributed by atoms with Crippen molar-refractivity contribution in [3.63, 3.8) is 0 Å². The van der Waals surface area contributed by atoms with Crippen molar-refractivity contribution in [3.8, 4) is 11.3 Å². The first-order chi connectivity index (χ1) is 10.7. The minimum absolute atomic E-state index is 0.320. The molecule has 0 radical (unpaired) electrons. The number of amides is 1. The molecular formula is C16H14N4OS. The normalized spacial score (nSPS) is 11.0. The highest BCUT2D eigenvalue weighted by Gasteiger charge is 2.09. The molecule has 110 valence electrons. The Labute approximate surface area is 131 Å². The highest BCUT2D eigenvalue weighted by Crippen LogP contribution is 2.16. The van der Waals surface area contributed by atoms with Gasteiger partial charge in [-0.25, -0.2) is 5.43 Å². The molecule has 1 aromatic carbocycles. The average molecular weight is 310 g/mol. The van der Waals surface area contributed by atoms with Gasteiger partial charge in [0.2, 0.25) is 0 Å². The van der Waals surface area contributed by atoms with Crippen molar-refractivity contribution in [1.82, 2.24) is 15.6 Å². The summed E-state index contributed by atoms with van der Waals surface area (Å²) in [5, 5.41) is 10.8. The molecule has 0 unspecified atom stereocenters. The zero-order valence-corrected chi connectivity index (χ0v) is 12.7. The number of rotatable bonds is 4. The second-order valence-electron chi connectivity index (χ2n) is 4.68. The second kappa shape index (κ2) is 6.36. The van der Waals surface area contributed by atoms with Gasteiger partial charge in [0.25, 0.3) is 5.91 Å². The summed E-state index contributed by atoms with van der Waals surface area (Å²) in [4.78, 5) is 14.2. The second-order valence-corrected chi connectivity index (χ2v) is 6.00. The predicted octanol–water partition coefficient (Wildman–Crippen LogP) is 3.21. The summed E-state index contributed by atoms with van der Waals surface area (Å²) < 4.78 is 0. The maximum absolute atomic E-state index is 12.0. The highest BCUT2D eigenvalue weighted by molar-refractivity contribution is 7.13. The van der Waals surface area contributed by atoms with E-state index in [1.807, 2.05) is 49.4 Å². The van der Waals surface area contributed by atoms with E-state index >= 15 is 0 Å². The van der Waals surface area contributed by atoms with E-state index in [0.29, 0.717) is 5.69 Å². The van der Waals surface area contributed by atoms with Gasteiger partial charge in [-0.15, -0.1) is 11.3 Å². The Bertz CT molecular complexity index is 804. The molecule has 0 aliphatic rings. The number of H-pyrrole nitrogens is 1. The summed E-state index contributed by atoms with van der Waals surface area (Å²) in [5.74, 6) is -0.320. The van der Waals surface area contributed by atoms with E-state index in [9.17, 15) is 4.79 Å². The van der Waals surface area contributed by atoms with E-state index in [0.717, 1.165) is 16.1 Å². The summed E-state index contributed by atoms with van der Waals surface area (Å²) in [5.41, 5.74) is 4.54. The predicted molar refractivity (Wildman–Crippen MR) is 88.1 cm³/mol. The standard InChI is InChI=1S/C16H14N4OS/c1-11-7-8-13(22-11)10-17-20-16(21)15-9-14(18-19-15)12-5-3-2-4-6-12/h2-10H,1H3,(H,18,19)(H,20,21). The monoisotopic (exact) mass is 310 g/mol. The lowest BCUT2D eigenvalue weighted by molar-refractivity contribution is 0.0950. The maximum Gasteiger partial charge on any atom is 0.289 e. The molecule has 3 rings (SSSR count). The molecule has 0 saturated heterocycles. The third-order valence-corrected chi connectivity index (χ3v) is 3.95. The van der Waals surface area contributed by atoms with Crippen molar-refractivity contribution in [2.75, 3.05) is 0 Å². The fourth-order valence-electron chi connectivity index (χ4n) is 1.93. The molecule has 2 N–H and O–H groups in total. The van der Waals surface area contributed by atoms with E-state index < -0.39 is 0 Å². The smallest absolute Gasteiger partial charge is 0.272 e. The van der Waals surface area contributed by atoms with Crippen LogP contribution in [0.2, 0.25) is 0 Å². The lowest BCUT2D eigenvalue weighted by Crippen LogP contribution is -2.17. The number of hydrazone groups is 1. The van der Waals surface area contributed by atoms with Crippen LogP contribution >= 0.6 is 11.3 Å². The van der Waals surface area contributed by atoms with Gasteiger partial charge >= 0.3 is 0 Å². The van der Waals surface area contributed by atoms with Gasteiger partial charge < -0.3 is 0 Å². The number of nitrogens with zero attached hydrogens (tertiary/aromatic N) is 2. The van der Waals surface area contributed by atoms with Crippen LogP contribution in [0.4, 0.5) is 0 Å². The molecule has 0 bridgehead atoms. The molecule has 0 aliphatic heterocycles. The zero-order chi connectivity index (χ0) is 15.4. The van der Waals surface area contributed by atoms with Gasteiger partial charge in [-0.05, 0) is 25.1 Å². The molecule has 0 atom stereocenters. The summed E-state index contributed by atoms with van der Waals surface area (Å²) >= 11 is 1.62. The molecule has 6 heteroatoms. The number of benzene rings is 1. The van der Waals surface area contributed by atoms with E-state index in [1.165, 1.54) is 4.88 Å². The molecule has 0 aliphatic carbocycles. The SMILES string of the molecule is Cc1ccc(C=NNC(=O)c2cc(-c3ccccc3)n[nH]2)s1. The van der Waals surface area contributed by atoms with Crippen LogP contribution in [0.15, 0.2) is 53.6 Å². The molecule has 2 heterocycles. The summed E-state index contributed by atoms with van der Waals surface area (Å²) in [7, 11) is 0. The molecule has 2 aromatic heterocycles. The Balaban J connectivity index is 1.66. The molecule has 3 aromatic rings. The number of nitrogens with one attached hydrogen (secondary N) is 2. The Hall–Kier alpha value is -2.73. The van der Waals surface area contributed by atoms with Gasteiger partial charge in [0.15, 0.2) is 0 Å². The van der Waals surface area contributed by atoms with E-state index in [4.69, 9.17) is 0 Å². The molecule has 22 heavy (non-hydrogen) atoms. The van der Waals surface area contributed by atoms with E-state index in [-0.39, 0.29) is 5.91 Å². The van der Waals surface area contributed by atoms with Crippen molar-refractivity contribution >= 4 is 23.5 Å². The van der Waals surface area contributed by atoms with Gasteiger partial charge in [-0.1, -0.05) is 30.3 Å². The molecule has 5 nitrogen and oxygen atoms in total. The Morgan fingerprint density at radius 3 is 2.82 bits per heavy atom. The summed E-state index contributed by atoms with van der Waals surface area (Å²) in [6.07, 6.45) is 1.63. The van der Waals surface area contributed by atoms with Gasteiger partial charge in [0, 0.05) is 15.3 Å². The summed E-state index contributed by atoms with van der Waals surface area (Å²) in [6.45, 7) is 2.02. The number of carbonyl (C=O) groups is 1. The highest BCUT2D eigenvalue weighted by atomic mass is 32.1. The first-order valence-electron chi connectivity index (χ1n) is 6.73. The van der Waals surface area contributed by atoms with Crippen molar-refractivity contribution in [1.29, 1.82) is 0 Å². The van der Waals surface area contributed by atoms with Crippen LogP contribution in [0.25, 0.3) is 11.3 Å². The largest absolute Gasteiger partial charge is 0.289 e. The Kier molecular flexibility index (Phi) is 4.11. The van der Waals surface area contributed by atoms with Gasteiger partial charge in [-0.2, -0.15) is 10.2 Å². The number of aromatic amines is 1. The van der Waals surface area contributed by atoms with Crippen LogP contribution in [0, 0.1) is 6.92 Å². The van der Waals surface area contributed by atoms with Crippen molar-refractivity contribution in [2.24, 2.45) is 5.10 Å². The van der Waals surface area contributed by atoms with Gasteiger partial charge in [0.05, 0.1) is 11.9 Å². The van der Waals surface area contributed by atoms with Crippen LogP contribution < -0.4 is 5.43 Å². The number of hydrogen-bond acceptors (Lipinski definition) is 4. The maximum atomic E-state index is 12.0.